The first kappa shape index (κ1) is 20.0. The van der Waals surface area contributed by atoms with Gasteiger partial charge in [-0.25, -0.2) is 8.78 Å². The van der Waals surface area contributed by atoms with Crippen molar-refractivity contribution in [3.63, 3.8) is 0 Å². The summed E-state index contributed by atoms with van der Waals surface area (Å²) < 4.78 is 27.5. The summed E-state index contributed by atoms with van der Waals surface area (Å²) in [7, 11) is 0. The maximum Gasteiger partial charge on any atom is 0.269 e. The zero-order chi connectivity index (χ0) is 20.1. The van der Waals surface area contributed by atoms with Gasteiger partial charge < -0.3 is 4.90 Å². The van der Waals surface area contributed by atoms with Crippen LogP contribution in [0.25, 0.3) is 6.08 Å². The van der Waals surface area contributed by atoms with Crippen LogP contribution in [0.4, 0.5) is 14.5 Å². The van der Waals surface area contributed by atoms with Crippen LogP contribution in [0.2, 0.25) is 0 Å². The standard InChI is InChI=1S/C20H18F2N2O3S/c21-15-4-7-18(22)17(13-15)19-9-10-23(11-12-28-19)20(25)8-3-14-1-5-16(6-2-14)24(26)27/h1-8,13,19H,9-12H2/b8-3+. The lowest BCUT2D eigenvalue weighted by atomic mass is 10.1. The Hall–Kier alpha value is -2.74. The molecule has 1 aliphatic rings. The number of benzene rings is 2. The van der Waals surface area contributed by atoms with Crippen molar-refractivity contribution in [3.8, 4) is 0 Å². The molecule has 1 unspecified atom stereocenters. The molecule has 1 aliphatic heterocycles. The van der Waals surface area contributed by atoms with Gasteiger partial charge in [0.15, 0.2) is 0 Å². The van der Waals surface area contributed by atoms with E-state index in [2.05, 4.69) is 0 Å². The molecule has 28 heavy (non-hydrogen) atoms. The lowest BCUT2D eigenvalue weighted by Gasteiger charge is -2.18. The smallest absolute Gasteiger partial charge is 0.269 e. The van der Waals surface area contributed by atoms with Crippen molar-refractivity contribution < 1.29 is 18.5 Å². The van der Waals surface area contributed by atoms with E-state index in [0.717, 1.165) is 12.1 Å². The average molecular weight is 404 g/mol. The van der Waals surface area contributed by atoms with Crippen LogP contribution in [0.5, 0.6) is 0 Å². The van der Waals surface area contributed by atoms with Gasteiger partial charge in [-0.3, -0.25) is 14.9 Å². The molecule has 0 aliphatic carbocycles. The van der Waals surface area contributed by atoms with Crippen LogP contribution in [0.3, 0.4) is 0 Å². The Kier molecular flexibility index (Phi) is 6.41. The second-order valence-corrected chi connectivity index (χ2v) is 7.63. The lowest BCUT2D eigenvalue weighted by molar-refractivity contribution is -0.384. The van der Waals surface area contributed by atoms with Gasteiger partial charge in [0.2, 0.25) is 5.91 Å². The van der Waals surface area contributed by atoms with Crippen LogP contribution >= 0.6 is 11.8 Å². The minimum atomic E-state index is -0.481. The molecule has 0 radical (unpaired) electrons. The molecule has 1 amide bonds. The zero-order valence-corrected chi connectivity index (χ0v) is 15.7. The quantitative estimate of drug-likeness (QED) is 0.425. The molecule has 146 valence electrons. The Morgan fingerprint density at radius 2 is 1.93 bits per heavy atom. The molecule has 5 nitrogen and oxygen atoms in total. The van der Waals surface area contributed by atoms with Crippen LogP contribution in [0.1, 0.15) is 22.8 Å². The Morgan fingerprint density at radius 1 is 1.18 bits per heavy atom. The average Bonchev–Trinajstić information content (AvgIpc) is 2.94. The summed E-state index contributed by atoms with van der Waals surface area (Å²) in [5.74, 6) is -0.464. The van der Waals surface area contributed by atoms with E-state index in [-0.39, 0.29) is 16.8 Å². The number of nitro groups is 1. The maximum atomic E-state index is 14.0. The monoisotopic (exact) mass is 404 g/mol. The molecule has 1 fully saturated rings. The van der Waals surface area contributed by atoms with Gasteiger partial charge in [-0.15, -0.1) is 0 Å². The fourth-order valence-corrected chi connectivity index (χ4v) is 4.22. The number of thioether (sulfide) groups is 1. The number of nitrogens with zero attached hydrogens (tertiary/aromatic N) is 2. The van der Waals surface area contributed by atoms with E-state index in [4.69, 9.17) is 0 Å². The molecule has 0 spiro atoms. The SMILES string of the molecule is O=C(/C=C/c1ccc([N+](=O)[O-])cc1)N1CCSC(c2cc(F)ccc2F)CC1. The minimum absolute atomic E-state index is 0.0105. The Balaban J connectivity index is 1.62. The van der Waals surface area contributed by atoms with Crippen molar-refractivity contribution in [2.75, 3.05) is 18.8 Å². The van der Waals surface area contributed by atoms with Crippen molar-refractivity contribution >= 4 is 29.4 Å². The molecular weight excluding hydrogens is 386 g/mol. The zero-order valence-electron chi connectivity index (χ0n) is 14.9. The van der Waals surface area contributed by atoms with Crippen LogP contribution in [-0.2, 0) is 4.79 Å². The van der Waals surface area contributed by atoms with Crippen LogP contribution in [-0.4, -0.2) is 34.6 Å². The number of nitro benzene ring substituents is 1. The van der Waals surface area contributed by atoms with Crippen molar-refractivity contribution in [1.29, 1.82) is 0 Å². The third-order valence-electron chi connectivity index (χ3n) is 4.48. The summed E-state index contributed by atoms with van der Waals surface area (Å²) in [6.07, 6.45) is 3.56. The van der Waals surface area contributed by atoms with E-state index in [9.17, 15) is 23.7 Å². The number of rotatable bonds is 4. The van der Waals surface area contributed by atoms with E-state index in [0.29, 0.717) is 36.4 Å². The first-order chi connectivity index (χ1) is 13.4. The molecule has 1 saturated heterocycles. The summed E-state index contributed by atoms with van der Waals surface area (Å²) in [4.78, 5) is 24.3. The number of hydrogen-bond acceptors (Lipinski definition) is 4. The first-order valence-corrected chi connectivity index (χ1v) is 9.77. The number of non-ortho nitro benzene ring substituents is 1. The predicted octanol–water partition coefficient (Wildman–Crippen LogP) is 4.59. The van der Waals surface area contributed by atoms with Gasteiger partial charge in [0, 0.05) is 47.9 Å². The number of amides is 1. The number of halogens is 2. The van der Waals surface area contributed by atoms with E-state index in [1.807, 2.05) is 0 Å². The second-order valence-electron chi connectivity index (χ2n) is 6.32. The van der Waals surface area contributed by atoms with E-state index >= 15 is 0 Å². The van der Waals surface area contributed by atoms with E-state index < -0.39 is 16.6 Å². The summed E-state index contributed by atoms with van der Waals surface area (Å²) in [5.41, 5.74) is 1.01. The van der Waals surface area contributed by atoms with Gasteiger partial charge in [-0.1, -0.05) is 0 Å². The Labute approximate surface area is 165 Å². The van der Waals surface area contributed by atoms with Gasteiger partial charge in [0.25, 0.3) is 5.69 Å². The third kappa shape index (κ3) is 4.95. The Morgan fingerprint density at radius 3 is 2.64 bits per heavy atom. The lowest BCUT2D eigenvalue weighted by Crippen LogP contribution is -2.31. The molecule has 2 aromatic rings. The highest BCUT2D eigenvalue weighted by Crippen LogP contribution is 2.36. The third-order valence-corrected chi connectivity index (χ3v) is 5.79. The van der Waals surface area contributed by atoms with Crippen molar-refractivity contribution in [2.24, 2.45) is 0 Å². The second kappa shape index (κ2) is 8.97. The molecule has 8 heteroatoms. The highest BCUT2D eigenvalue weighted by Gasteiger charge is 2.23. The summed E-state index contributed by atoms with van der Waals surface area (Å²) in [5, 5.41) is 10.5. The van der Waals surface area contributed by atoms with Crippen LogP contribution in [0, 0.1) is 21.7 Å². The van der Waals surface area contributed by atoms with Crippen LogP contribution < -0.4 is 0 Å². The molecule has 1 heterocycles. The van der Waals surface area contributed by atoms with Crippen molar-refractivity contribution in [1.82, 2.24) is 4.90 Å². The first-order valence-electron chi connectivity index (χ1n) is 8.72. The van der Waals surface area contributed by atoms with Gasteiger partial charge in [-0.05, 0) is 48.4 Å². The Bertz CT molecular complexity index is 903. The molecule has 1 atom stereocenters. The topological polar surface area (TPSA) is 63.4 Å². The van der Waals surface area contributed by atoms with Crippen molar-refractivity contribution in [3.05, 3.63) is 81.4 Å². The molecule has 0 saturated carbocycles. The van der Waals surface area contributed by atoms with Gasteiger partial charge in [0.1, 0.15) is 11.6 Å². The fourth-order valence-electron chi connectivity index (χ4n) is 2.98. The normalized spacial score (nSPS) is 17.5. The minimum Gasteiger partial charge on any atom is -0.338 e. The van der Waals surface area contributed by atoms with Crippen LogP contribution in [0.15, 0.2) is 48.5 Å². The van der Waals surface area contributed by atoms with Gasteiger partial charge in [-0.2, -0.15) is 11.8 Å². The largest absolute Gasteiger partial charge is 0.338 e. The molecule has 0 aromatic heterocycles. The highest BCUT2D eigenvalue weighted by atomic mass is 32.2. The van der Waals surface area contributed by atoms with Gasteiger partial charge >= 0.3 is 0 Å². The number of carbonyl (C=O) groups is 1. The number of hydrogen-bond donors (Lipinski definition) is 0. The molecule has 3 rings (SSSR count). The number of carbonyl (C=O) groups excluding carboxylic acids is 1. The molecule has 0 N–H and O–H groups in total. The summed E-state index contributed by atoms with van der Waals surface area (Å²) in [6.45, 7) is 0.957. The molecular formula is C20H18F2N2O3S. The predicted molar refractivity (Wildman–Crippen MR) is 105 cm³/mol. The van der Waals surface area contributed by atoms with E-state index in [1.165, 1.54) is 36.0 Å². The van der Waals surface area contributed by atoms with E-state index in [1.54, 1.807) is 23.1 Å². The fraction of sp³-hybridized carbons (Fsp3) is 0.250. The highest BCUT2D eigenvalue weighted by molar-refractivity contribution is 7.99. The maximum absolute atomic E-state index is 14.0. The van der Waals surface area contributed by atoms with Gasteiger partial charge in [0.05, 0.1) is 4.92 Å². The summed E-state index contributed by atoms with van der Waals surface area (Å²) >= 11 is 1.51. The summed E-state index contributed by atoms with van der Waals surface area (Å²) in [6, 6.07) is 9.35. The van der Waals surface area contributed by atoms with Crippen molar-refractivity contribution in [2.45, 2.75) is 11.7 Å². The molecule has 2 aromatic carbocycles. The molecule has 0 bridgehead atoms.